The molecule has 1 aliphatic rings. The summed E-state index contributed by atoms with van der Waals surface area (Å²) in [5, 5.41) is 0. The van der Waals surface area contributed by atoms with E-state index in [4.69, 9.17) is 21.1 Å². The molecule has 2 rings (SSSR count). The van der Waals surface area contributed by atoms with Gasteiger partial charge in [-0.1, -0.05) is 19.4 Å². The SMILES string of the molecule is CCC1CCCCC1Oc1cc(OC)ccc1CCl. The lowest BCUT2D eigenvalue weighted by molar-refractivity contribution is 0.0894. The molecule has 3 heteroatoms. The third kappa shape index (κ3) is 3.56. The molecule has 1 aromatic carbocycles. The number of ether oxygens (including phenoxy) is 2. The maximum absolute atomic E-state index is 6.26. The van der Waals surface area contributed by atoms with Gasteiger partial charge < -0.3 is 9.47 Å². The average molecular weight is 283 g/mol. The number of methoxy groups -OCH3 is 1. The maximum atomic E-state index is 6.26. The molecule has 0 amide bonds. The summed E-state index contributed by atoms with van der Waals surface area (Å²) in [4.78, 5) is 0. The molecule has 0 heterocycles. The fourth-order valence-electron chi connectivity index (χ4n) is 2.84. The van der Waals surface area contributed by atoms with Crippen LogP contribution in [0.15, 0.2) is 18.2 Å². The molecule has 1 aliphatic carbocycles. The molecule has 0 bridgehead atoms. The molecule has 1 saturated carbocycles. The lowest BCUT2D eigenvalue weighted by atomic mass is 9.84. The minimum atomic E-state index is 0.327. The van der Waals surface area contributed by atoms with Crippen molar-refractivity contribution in [1.82, 2.24) is 0 Å². The summed E-state index contributed by atoms with van der Waals surface area (Å²) in [5.74, 6) is 2.86. The van der Waals surface area contributed by atoms with Crippen LogP contribution in [0.5, 0.6) is 11.5 Å². The molecule has 2 nitrogen and oxygen atoms in total. The van der Waals surface area contributed by atoms with Crippen LogP contribution in [0.2, 0.25) is 0 Å². The molecule has 0 spiro atoms. The zero-order valence-corrected chi connectivity index (χ0v) is 12.6. The van der Waals surface area contributed by atoms with Crippen molar-refractivity contribution in [1.29, 1.82) is 0 Å². The number of benzene rings is 1. The molecule has 2 atom stereocenters. The van der Waals surface area contributed by atoms with Crippen LogP contribution in [0.4, 0.5) is 0 Å². The van der Waals surface area contributed by atoms with Crippen molar-refractivity contribution in [2.45, 2.75) is 51.0 Å². The van der Waals surface area contributed by atoms with Gasteiger partial charge in [0.2, 0.25) is 0 Å². The van der Waals surface area contributed by atoms with Gasteiger partial charge in [0.25, 0.3) is 0 Å². The van der Waals surface area contributed by atoms with Crippen molar-refractivity contribution < 1.29 is 9.47 Å². The van der Waals surface area contributed by atoms with Gasteiger partial charge in [0.1, 0.15) is 17.6 Å². The zero-order chi connectivity index (χ0) is 13.7. The molecule has 1 aromatic rings. The lowest BCUT2D eigenvalue weighted by Gasteiger charge is -2.31. The highest BCUT2D eigenvalue weighted by Crippen LogP contribution is 2.33. The van der Waals surface area contributed by atoms with E-state index in [-0.39, 0.29) is 0 Å². The van der Waals surface area contributed by atoms with Crippen molar-refractivity contribution in [2.24, 2.45) is 5.92 Å². The minimum absolute atomic E-state index is 0.327. The molecule has 106 valence electrons. The van der Waals surface area contributed by atoms with Crippen LogP contribution in [-0.2, 0) is 5.88 Å². The summed E-state index contributed by atoms with van der Waals surface area (Å²) in [6.45, 7) is 2.25. The Morgan fingerprint density at radius 1 is 1.26 bits per heavy atom. The average Bonchev–Trinajstić information content (AvgIpc) is 2.47. The van der Waals surface area contributed by atoms with E-state index >= 15 is 0 Å². The second-order valence-electron chi connectivity index (χ2n) is 5.22. The molecular weight excluding hydrogens is 260 g/mol. The number of hydrogen-bond acceptors (Lipinski definition) is 2. The van der Waals surface area contributed by atoms with Crippen LogP contribution in [0.25, 0.3) is 0 Å². The predicted molar refractivity (Wildman–Crippen MR) is 79.2 cm³/mol. The smallest absolute Gasteiger partial charge is 0.127 e. The van der Waals surface area contributed by atoms with Crippen LogP contribution >= 0.6 is 11.6 Å². The quantitative estimate of drug-likeness (QED) is 0.724. The van der Waals surface area contributed by atoms with E-state index in [9.17, 15) is 0 Å². The van der Waals surface area contributed by atoms with Crippen molar-refractivity contribution in [2.75, 3.05) is 7.11 Å². The Bertz CT molecular complexity index is 406. The minimum Gasteiger partial charge on any atom is -0.497 e. The van der Waals surface area contributed by atoms with Gasteiger partial charge >= 0.3 is 0 Å². The van der Waals surface area contributed by atoms with E-state index in [0.29, 0.717) is 17.9 Å². The van der Waals surface area contributed by atoms with Crippen LogP contribution in [0.3, 0.4) is 0 Å². The summed E-state index contributed by atoms with van der Waals surface area (Å²) in [6.07, 6.45) is 6.54. The summed E-state index contributed by atoms with van der Waals surface area (Å²) in [5.41, 5.74) is 1.04. The molecular formula is C16H23ClO2. The third-order valence-corrected chi connectivity index (χ3v) is 4.35. The van der Waals surface area contributed by atoms with Crippen molar-refractivity contribution in [3.63, 3.8) is 0 Å². The number of halogens is 1. The van der Waals surface area contributed by atoms with Crippen LogP contribution in [-0.4, -0.2) is 13.2 Å². The summed E-state index contributed by atoms with van der Waals surface area (Å²) in [7, 11) is 1.68. The van der Waals surface area contributed by atoms with E-state index < -0.39 is 0 Å². The number of hydrogen-bond donors (Lipinski definition) is 0. The Labute approximate surface area is 121 Å². The van der Waals surface area contributed by atoms with E-state index in [1.54, 1.807) is 7.11 Å². The molecule has 2 unspecified atom stereocenters. The molecule has 0 N–H and O–H groups in total. The van der Waals surface area contributed by atoms with Gasteiger partial charge in [0.05, 0.1) is 13.0 Å². The molecule has 0 aliphatic heterocycles. The van der Waals surface area contributed by atoms with Gasteiger partial charge in [-0.05, 0) is 37.7 Å². The molecule has 0 radical (unpaired) electrons. The van der Waals surface area contributed by atoms with Gasteiger partial charge in [-0.15, -0.1) is 11.6 Å². The standard InChI is InChI=1S/C16H23ClO2/c1-3-12-6-4-5-7-15(12)19-16-10-14(18-2)9-8-13(16)11-17/h8-10,12,15H,3-7,11H2,1-2H3. The highest BCUT2D eigenvalue weighted by molar-refractivity contribution is 6.17. The highest BCUT2D eigenvalue weighted by atomic mass is 35.5. The van der Waals surface area contributed by atoms with Crippen molar-refractivity contribution in [3.05, 3.63) is 23.8 Å². The number of alkyl halides is 1. The second kappa shape index (κ2) is 7.04. The maximum Gasteiger partial charge on any atom is 0.127 e. The Balaban J connectivity index is 2.16. The number of rotatable bonds is 5. The zero-order valence-electron chi connectivity index (χ0n) is 11.8. The predicted octanol–water partition coefficient (Wildman–Crippen LogP) is 4.78. The van der Waals surface area contributed by atoms with E-state index in [1.165, 1.54) is 25.7 Å². The van der Waals surface area contributed by atoms with Gasteiger partial charge in [-0.2, -0.15) is 0 Å². The molecule has 1 fully saturated rings. The monoisotopic (exact) mass is 282 g/mol. The largest absolute Gasteiger partial charge is 0.497 e. The Hall–Kier alpha value is -0.890. The topological polar surface area (TPSA) is 18.5 Å². The van der Waals surface area contributed by atoms with Crippen LogP contribution in [0, 0.1) is 5.92 Å². The Morgan fingerprint density at radius 2 is 2.05 bits per heavy atom. The van der Waals surface area contributed by atoms with Gasteiger partial charge in [-0.25, -0.2) is 0 Å². The fourth-order valence-corrected chi connectivity index (χ4v) is 3.06. The highest BCUT2D eigenvalue weighted by Gasteiger charge is 2.26. The van der Waals surface area contributed by atoms with E-state index in [1.807, 2.05) is 18.2 Å². The summed E-state index contributed by atoms with van der Waals surface area (Å²) >= 11 is 5.99. The Kier molecular flexibility index (Phi) is 5.38. The van der Waals surface area contributed by atoms with Gasteiger partial charge in [-0.3, -0.25) is 0 Å². The first-order valence-electron chi connectivity index (χ1n) is 7.18. The lowest BCUT2D eigenvalue weighted by Crippen LogP contribution is -2.30. The van der Waals surface area contributed by atoms with Gasteiger partial charge in [0, 0.05) is 11.6 Å². The first kappa shape index (κ1) is 14.5. The third-order valence-electron chi connectivity index (χ3n) is 4.06. The van der Waals surface area contributed by atoms with Gasteiger partial charge in [0.15, 0.2) is 0 Å². The van der Waals surface area contributed by atoms with E-state index in [2.05, 4.69) is 6.92 Å². The van der Waals surface area contributed by atoms with Crippen LogP contribution < -0.4 is 9.47 Å². The van der Waals surface area contributed by atoms with Crippen molar-refractivity contribution in [3.8, 4) is 11.5 Å². The second-order valence-corrected chi connectivity index (χ2v) is 5.48. The normalized spacial score (nSPS) is 23.1. The van der Waals surface area contributed by atoms with Crippen LogP contribution in [0.1, 0.15) is 44.6 Å². The molecule has 0 saturated heterocycles. The van der Waals surface area contributed by atoms with Crippen molar-refractivity contribution >= 4 is 11.6 Å². The summed E-state index contributed by atoms with van der Waals surface area (Å²) < 4.78 is 11.5. The molecule has 19 heavy (non-hydrogen) atoms. The van der Waals surface area contributed by atoms with E-state index in [0.717, 1.165) is 23.5 Å². The summed E-state index contributed by atoms with van der Waals surface area (Å²) in [6, 6.07) is 5.88. The first-order chi connectivity index (χ1) is 9.28. The fraction of sp³-hybridized carbons (Fsp3) is 0.625. The molecule has 0 aromatic heterocycles. The first-order valence-corrected chi connectivity index (χ1v) is 7.71. The Morgan fingerprint density at radius 3 is 2.74 bits per heavy atom.